The van der Waals surface area contributed by atoms with Crippen LogP contribution in [0.15, 0.2) is 0 Å². The molecule has 0 aromatic heterocycles. The number of nitrogens with one attached hydrogen (secondary N) is 1. The molecule has 0 spiro atoms. The molecule has 0 unspecified atom stereocenters. The Morgan fingerprint density at radius 2 is 2.00 bits per heavy atom. The molecule has 92 valence electrons. The van der Waals surface area contributed by atoms with Crippen LogP contribution in [0.3, 0.4) is 0 Å². The Kier molecular flexibility index (Phi) is 4.58. The van der Waals surface area contributed by atoms with E-state index in [1.54, 1.807) is 0 Å². The van der Waals surface area contributed by atoms with Crippen molar-refractivity contribution < 1.29 is 19.4 Å². The molecule has 0 saturated heterocycles. The average Bonchev–Trinajstić information content (AvgIpc) is 2.68. The molecule has 5 nitrogen and oxygen atoms in total. The van der Waals surface area contributed by atoms with Crippen LogP contribution in [0.5, 0.6) is 0 Å². The van der Waals surface area contributed by atoms with Gasteiger partial charge in [0.1, 0.15) is 5.54 Å². The first-order valence-electron chi connectivity index (χ1n) is 5.79. The summed E-state index contributed by atoms with van der Waals surface area (Å²) in [5, 5.41) is 11.6. The van der Waals surface area contributed by atoms with Gasteiger partial charge in [-0.05, 0) is 19.3 Å². The van der Waals surface area contributed by atoms with Crippen LogP contribution in [0.25, 0.3) is 0 Å². The van der Waals surface area contributed by atoms with Crippen LogP contribution in [-0.4, -0.2) is 29.3 Å². The summed E-state index contributed by atoms with van der Waals surface area (Å²) in [7, 11) is 0. The van der Waals surface area contributed by atoms with Gasteiger partial charge < -0.3 is 15.2 Å². The number of amides is 1. The lowest BCUT2D eigenvalue weighted by molar-refractivity contribution is -0.144. The highest BCUT2D eigenvalue weighted by atomic mass is 16.5. The van der Waals surface area contributed by atoms with E-state index in [4.69, 9.17) is 9.84 Å². The molecule has 5 heteroatoms. The van der Waals surface area contributed by atoms with E-state index < -0.39 is 17.6 Å². The fraction of sp³-hybridized carbons (Fsp3) is 0.818. The minimum atomic E-state index is -1.09. The molecule has 0 aromatic carbocycles. The van der Waals surface area contributed by atoms with E-state index in [1.165, 1.54) is 0 Å². The number of aliphatic carboxylic acids is 1. The molecule has 1 fully saturated rings. The van der Waals surface area contributed by atoms with Crippen molar-refractivity contribution in [2.24, 2.45) is 0 Å². The van der Waals surface area contributed by atoms with Gasteiger partial charge in [0.2, 0.25) is 0 Å². The summed E-state index contributed by atoms with van der Waals surface area (Å²) in [5.41, 5.74) is -1.09. The van der Waals surface area contributed by atoms with Crippen molar-refractivity contribution in [1.29, 1.82) is 0 Å². The summed E-state index contributed by atoms with van der Waals surface area (Å²) in [4.78, 5) is 22.5. The molecule has 0 bridgehead atoms. The number of unbranched alkanes of at least 4 members (excludes halogenated alkanes) is 1. The SMILES string of the molecule is CCCCOC(=O)NC1(C(=O)O)CCCC1. The van der Waals surface area contributed by atoms with E-state index in [9.17, 15) is 9.59 Å². The first-order valence-corrected chi connectivity index (χ1v) is 5.79. The summed E-state index contributed by atoms with van der Waals surface area (Å²) < 4.78 is 4.91. The Labute approximate surface area is 95.2 Å². The maximum absolute atomic E-state index is 11.4. The second-order valence-electron chi connectivity index (χ2n) is 4.21. The topological polar surface area (TPSA) is 75.6 Å². The summed E-state index contributed by atoms with van der Waals surface area (Å²) in [5.74, 6) is -0.961. The quantitative estimate of drug-likeness (QED) is 0.706. The highest BCUT2D eigenvalue weighted by molar-refractivity contribution is 5.84. The Bertz CT molecular complexity index is 259. The van der Waals surface area contributed by atoms with Crippen molar-refractivity contribution in [3.05, 3.63) is 0 Å². The van der Waals surface area contributed by atoms with Crippen molar-refractivity contribution in [2.45, 2.75) is 51.0 Å². The van der Waals surface area contributed by atoms with Crippen molar-refractivity contribution in [2.75, 3.05) is 6.61 Å². The third kappa shape index (κ3) is 3.12. The Morgan fingerprint density at radius 1 is 1.38 bits per heavy atom. The first-order chi connectivity index (χ1) is 7.60. The molecule has 1 aliphatic carbocycles. The third-order valence-electron chi connectivity index (χ3n) is 2.94. The van der Waals surface area contributed by atoms with E-state index in [0.29, 0.717) is 19.4 Å². The van der Waals surface area contributed by atoms with Gasteiger partial charge in [-0.25, -0.2) is 9.59 Å². The van der Waals surface area contributed by atoms with E-state index in [1.807, 2.05) is 6.92 Å². The minimum absolute atomic E-state index is 0.345. The highest BCUT2D eigenvalue weighted by Crippen LogP contribution is 2.29. The van der Waals surface area contributed by atoms with Crippen molar-refractivity contribution in [3.63, 3.8) is 0 Å². The summed E-state index contributed by atoms with van der Waals surface area (Å²) >= 11 is 0. The van der Waals surface area contributed by atoms with Crippen LogP contribution < -0.4 is 5.32 Å². The van der Waals surface area contributed by atoms with E-state index in [0.717, 1.165) is 25.7 Å². The van der Waals surface area contributed by atoms with Crippen molar-refractivity contribution >= 4 is 12.1 Å². The second-order valence-corrected chi connectivity index (χ2v) is 4.21. The first kappa shape index (κ1) is 12.8. The number of hydrogen-bond donors (Lipinski definition) is 2. The molecular formula is C11H19NO4. The molecule has 0 aliphatic heterocycles. The van der Waals surface area contributed by atoms with Gasteiger partial charge in [-0.2, -0.15) is 0 Å². The minimum Gasteiger partial charge on any atom is -0.480 e. The van der Waals surface area contributed by atoms with Gasteiger partial charge >= 0.3 is 12.1 Å². The standard InChI is InChI=1S/C11H19NO4/c1-2-3-8-16-10(15)12-11(9(13)14)6-4-5-7-11/h2-8H2,1H3,(H,12,15)(H,13,14). The van der Waals surface area contributed by atoms with Crippen molar-refractivity contribution in [1.82, 2.24) is 5.32 Å². The smallest absolute Gasteiger partial charge is 0.408 e. The molecule has 0 radical (unpaired) electrons. The Balaban J connectivity index is 2.43. The van der Waals surface area contributed by atoms with Gasteiger partial charge in [0.05, 0.1) is 6.61 Å². The summed E-state index contributed by atoms with van der Waals surface area (Å²) in [6, 6.07) is 0. The number of carboxylic acids is 1. The number of rotatable bonds is 5. The lowest BCUT2D eigenvalue weighted by atomic mass is 9.98. The summed E-state index contributed by atoms with van der Waals surface area (Å²) in [6.07, 6.45) is 3.78. The normalized spacial score (nSPS) is 18.1. The zero-order valence-corrected chi connectivity index (χ0v) is 9.62. The fourth-order valence-electron chi connectivity index (χ4n) is 1.91. The van der Waals surface area contributed by atoms with Crippen LogP contribution in [-0.2, 0) is 9.53 Å². The van der Waals surface area contributed by atoms with E-state index in [2.05, 4.69) is 5.32 Å². The Morgan fingerprint density at radius 3 is 2.50 bits per heavy atom. The van der Waals surface area contributed by atoms with E-state index >= 15 is 0 Å². The zero-order chi connectivity index (χ0) is 12.0. The monoisotopic (exact) mass is 229 g/mol. The Hall–Kier alpha value is -1.26. The maximum Gasteiger partial charge on any atom is 0.408 e. The summed E-state index contributed by atoms with van der Waals surface area (Å²) in [6.45, 7) is 2.34. The number of alkyl carbamates (subject to hydrolysis) is 1. The van der Waals surface area contributed by atoms with Crippen LogP contribution in [0.4, 0.5) is 4.79 Å². The van der Waals surface area contributed by atoms with Gasteiger partial charge in [0.15, 0.2) is 0 Å². The van der Waals surface area contributed by atoms with Gasteiger partial charge in [-0.3, -0.25) is 0 Å². The third-order valence-corrected chi connectivity index (χ3v) is 2.94. The average molecular weight is 229 g/mol. The van der Waals surface area contributed by atoms with Crippen LogP contribution >= 0.6 is 0 Å². The van der Waals surface area contributed by atoms with Crippen LogP contribution in [0.1, 0.15) is 45.4 Å². The number of carboxylic acid groups (broad SMARTS) is 1. The van der Waals surface area contributed by atoms with Gasteiger partial charge in [0, 0.05) is 0 Å². The largest absolute Gasteiger partial charge is 0.480 e. The lowest BCUT2D eigenvalue weighted by Crippen LogP contribution is -2.52. The van der Waals surface area contributed by atoms with Gasteiger partial charge in [0.25, 0.3) is 0 Å². The van der Waals surface area contributed by atoms with Crippen molar-refractivity contribution in [3.8, 4) is 0 Å². The molecule has 1 amide bonds. The number of hydrogen-bond acceptors (Lipinski definition) is 3. The predicted molar refractivity (Wildman–Crippen MR) is 58.2 cm³/mol. The van der Waals surface area contributed by atoms with E-state index in [-0.39, 0.29) is 0 Å². The van der Waals surface area contributed by atoms with Crippen LogP contribution in [0, 0.1) is 0 Å². The zero-order valence-electron chi connectivity index (χ0n) is 9.62. The fourth-order valence-corrected chi connectivity index (χ4v) is 1.91. The van der Waals surface area contributed by atoms with Gasteiger partial charge in [-0.1, -0.05) is 26.2 Å². The molecule has 0 aromatic rings. The number of ether oxygens (including phenoxy) is 1. The predicted octanol–water partition coefficient (Wildman–Crippen LogP) is 1.91. The second kappa shape index (κ2) is 5.72. The molecule has 0 heterocycles. The molecule has 1 saturated carbocycles. The molecule has 0 atom stereocenters. The molecular weight excluding hydrogens is 210 g/mol. The molecule has 1 rings (SSSR count). The molecule has 1 aliphatic rings. The number of carbonyl (C=O) groups excluding carboxylic acids is 1. The molecule has 16 heavy (non-hydrogen) atoms. The number of carbonyl (C=O) groups is 2. The highest BCUT2D eigenvalue weighted by Gasteiger charge is 2.43. The van der Waals surface area contributed by atoms with Crippen LogP contribution in [0.2, 0.25) is 0 Å². The lowest BCUT2D eigenvalue weighted by Gasteiger charge is -2.24. The molecule has 2 N–H and O–H groups in total. The van der Waals surface area contributed by atoms with Gasteiger partial charge in [-0.15, -0.1) is 0 Å². The maximum atomic E-state index is 11.4.